The van der Waals surface area contributed by atoms with E-state index in [1.807, 2.05) is 20.8 Å². The zero-order chi connectivity index (χ0) is 9.68. The molecule has 13 heavy (non-hydrogen) atoms. The van der Waals surface area contributed by atoms with E-state index in [4.69, 9.17) is 14.2 Å². The van der Waals surface area contributed by atoms with Gasteiger partial charge < -0.3 is 14.2 Å². The molecule has 0 bridgehead atoms. The molecule has 0 aromatic rings. The molecule has 1 rings (SSSR count). The molecule has 2 atom stereocenters. The van der Waals surface area contributed by atoms with Crippen LogP contribution >= 0.6 is 0 Å². The molecule has 1 aliphatic heterocycles. The Balaban J connectivity index is 2.03. The molecule has 78 valence electrons. The van der Waals surface area contributed by atoms with E-state index in [-0.39, 0.29) is 12.4 Å². The first-order chi connectivity index (χ1) is 6.18. The Labute approximate surface area is 80.4 Å². The van der Waals surface area contributed by atoms with Crippen LogP contribution in [0.15, 0.2) is 0 Å². The number of rotatable bonds is 5. The highest BCUT2D eigenvalue weighted by Gasteiger charge is 2.17. The summed E-state index contributed by atoms with van der Waals surface area (Å²) in [6.07, 6.45) is 2.67. The fourth-order valence-corrected chi connectivity index (χ4v) is 1.44. The molecule has 0 aromatic heterocycles. The quantitative estimate of drug-likeness (QED) is 0.617. The van der Waals surface area contributed by atoms with Gasteiger partial charge in [0.2, 0.25) is 0 Å². The fourth-order valence-electron chi connectivity index (χ4n) is 1.44. The number of ether oxygens (including phenoxy) is 3. The summed E-state index contributed by atoms with van der Waals surface area (Å²) in [5.74, 6) is 0. The van der Waals surface area contributed by atoms with Crippen molar-refractivity contribution in [1.29, 1.82) is 0 Å². The van der Waals surface area contributed by atoms with Gasteiger partial charge in [-0.2, -0.15) is 0 Å². The number of hydrogen-bond acceptors (Lipinski definition) is 3. The lowest BCUT2D eigenvalue weighted by Crippen LogP contribution is -2.23. The minimum atomic E-state index is -0.121. The van der Waals surface area contributed by atoms with Gasteiger partial charge in [0, 0.05) is 6.61 Å². The molecule has 0 amide bonds. The van der Waals surface area contributed by atoms with E-state index >= 15 is 0 Å². The summed E-state index contributed by atoms with van der Waals surface area (Å²) in [5, 5.41) is 0. The Hall–Kier alpha value is -0.120. The normalized spacial score (nSPS) is 25.4. The van der Waals surface area contributed by atoms with E-state index in [0.29, 0.717) is 12.7 Å². The monoisotopic (exact) mass is 188 g/mol. The van der Waals surface area contributed by atoms with E-state index < -0.39 is 0 Å². The molecule has 1 heterocycles. The van der Waals surface area contributed by atoms with Gasteiger partial charge in [-0.3, -0.25) is 0 Å². The molecule has 0 spiro atoms. The lowest BCUT2D eigenvalue weighted by molar-refractivity contribution is -0.165. The third-order valence-electron chi connectivity index (χ3n) is 2.00. The van der Waals surface area contributed by atoms with Crippen LogP contribution in [-0.2, 0) is 14.2 Å². The minimum absolute atomic E-state index is 0.121. The zero-order valence-electron chi connectivity index (χ0n) is 8.79. The van der Waals surface area contributed by atoms with Crippen LogP contribution in [0.2, 0.25) is 0 Å². The SMILES string of the molecule is CC(C)OC(C)OCC1CCCO1. The summed E-state index contributed by atoms with van der Waals surface area (Å²) in [6.45, 7) is 7.48. The Bertz CT molecular complexity index is 130. The van der Waals surface area contributed by atoms with Gasteiger partial charge in [0.05, 0.1) is 18.8 Å². The molecule has 3 heteroatoms. The Morgan fingerprint density at radius 3 is 2.69 bits per heavy atom. The van der Waals surface area contributed by atoms with Crippen molar-refractivity contribution in [2.75, 3.05) is 13.2 Å². The highest BCUT2D eigenvalue weighted by molar-refractivity contribution is 4.63. The van der Waals surface area contributed by atoms with Gasteiger partial charge in [-0.25, -0.2) is 0 Å². The van der Waals surface area contributed by atoms with Gasteiger partial charge in [0.15, 0.2) is 6.29 Å². The van der Waals surface area contributed by atoms with Crippen LogP contribution in [0, 0.1) is 0 Å². The van der Waals surface area contributed by atoms with E-state index in [2.05, 4.69) is 0 Å². The van der Waals surface area contributed by atoms with Crippen molar-refractivity contribution in [1.82, 2.24) is 0 Å². The Kier molecular flexibility index (Phi) is 4.70. The third kappa shape index (κ3) is 4.60. The van der Waals surface area contributed by atoms with Crippen molar-refractivity contribution >= 4 is 0 Å². The maximum atomic E-state index is 5.49. The van der Waals surface area contributed by atoms with E-state index in [9.17, 15) is 0 Å². The summed E-state index contributed by atoms with van der Waals surface area (Å²) >= 11 is 0. The first kappa shape index (κ1) is 11.0. The smallest absolute Gasteiger partial charge is 0.155 e. The Morgan fingerprint density at radius 1 is 1.38 bits per heavy atom. The largest absolute Gasteiger partial charge is 0.376 e. The lowest BCUT2D eigenvalue weighted by atomic mass is 10.2. The second kappa shape index (κ2) is 5.58. The molecule has 2 unspecified atom stereocenters. The fraction of sp³-hybridized carbons (Fsp3) is 1.00. The molecule has 1 fully saturated rings. The summed E-state index contributed by atoms with van der Waals surface area (Å²) < 4.78 is 16.3. The van der Waals surface area contributed by atoms with Crippen molar-refractivity contribution in [3.63, 3.8) is 0 Å². The second-order valence-corrected chi connectivity index (χ2v) is 3.72. The zero-order valence-corrected chi connectivity index (χ0v) is 8.79. The van der Waals surface area contributed by atoms with Crippen molar-refractivity contribution < 1.29 is 14.2 Å². The molecule has 1 saturated heterocycles. The summed E-state index contributed by atoms with van der Waals surface area (Å²) in [6, 6.07) is 0. The predicted molar refractivity (Wildman–Crippen MR) is 50.6 cm³/mol. The van der Waals surface area contributed by atoms with Crippen LogP contribution in [0.5, 0.6) is 0 Å². The van der Waals surface area contributed by atoms with Crippen LogP contribution in [0.3, 0.4) is 0 Å². The van der Waals surface area contributed by atoms with Gasteiger partial charge in [-0.1, -0.05) is 0 Å². The van der Waals surface area contributed by atoms with Crippen LogP contribution in [0.4, 0.5) is 0 Å². The third-order valence-corrected chi connectivity index (χ3v) is 2.00. The van der Waals surface area contributed by atoms with Gasteiger partial charge in [-0.15, -0.1) is 0 Å². The maximum Gasteiger partial charge on any atom is 0.155 e. The van der Waals surface area contributed by atoms with E-state index in [1.54, 1.807) is 0 Å². The second-order valence-electron chi connectivity index (χ2n) is 3.72. The summed E-state index contributed by atoms with van der Waals surface area (Å²) in [5.41, 5.74) is 0. The molecule has 3 nitrogen and oxygen atoms in total. The van der Waals surface area contributed by atoms with Gasteiger partial charge in [0.1, 0.15) is 0 Å². The van der Waals surface area contributed by atoms with Crippen molar-refractivity contribution in [3.05, 3.63) is 0 Å². The highest BCUT2D eigenvalue weighted by Crippen LogP contribution is 2.13. The van der Waals surface area contributed by atoms with Crippen LogP contribution in [0.25, 0.3) is 0 Å². The summed E-state index contributed by atoms with van der Waals surface area (Å²) in [7, 11) is 0. The topological polar surface area (TPSA) is 27.7 Å². The van der Waals surface area contributed by atoms with Gasteiger partial charge in [0.25, 0.3) is 0 Å². The first-order valence-electron chi connectivity index (χ1n) is 5.07. The van der Waals surface area contributed by atoms with Crippen LogP contribution in [0.1, 0.15) is 33.6 Å². The van der Waals surface area contributed by atoms with Crippen molar-refractivity contribution in [3.8, 4) is 0 Å². The maximum absolute atomic E-state index is 5.49. The van der Waals surface area contributed by atoms with Gasteiger partial charge >= 0.3 is 0 Å². The molecule has 0 aromatic carbocycles. The average molecular weight is 188 g/mol. The molecule has 0 N–H and O–H groups in total. The standard InChI is InChI=1S/C10H20O3/c1-8(2)13-9(3)12-7-10-5-4-6-11-10/h8-10H,4-7H2,1-3H3. The highest BCUT2D eigenvalue weighted by atomic mass is 16.7. The predicted octanol–water partition coefficient (Wildman–Crippen LogP) is 1.95. The molecule has 0 aliphatic carbocycles. The van der Waals surface area contributed by atoms with Crippen molar-refractivity contribution in [2.45, 2.75) is 52.1 Å². The van der Waals surface area contributed by atoms with Gasteiger partial charge in [-0.05, 0) is 33.6 Å². The summed E-state index contributed by atoms with van der Waals surface area (Å²) in [4.78, 5) is 0. The van der Waals surface area contributed by atoms with Crippen LogP contribution < -0.4 is 0 Å². The Morgan fingerprint density at radius 2 is 2.15 bits per heavy atom. The first-order valence-corrected chi connectivity index (χ1v) is 5.07. The average Bonchev–Trinajstić information content (AvgIpc) is 2.51. The van der Waals surface area contributed by atoms with E-state index in [1.165, 1.54) is 0 Å². The molecular formula is C10H20O3. The number of hydrogen-bond donors (Lipinski definition) is 0. The molecule has 1 aliphatic rings. The molecular weight excluding hydrogens is 168 g/mol. The van der Waals surface area contributed by atoms with Crippen molar-refractivity contribution in [2.24, 2.45) is 0 Å². The van der Waals surface area contributed by atoms with Crippen LogP contribution in [-0.4, -0.2) is 31.7 Å². The lowest BCUT2D eigenvalue weighted by Gasteiger charge is -2.18. The molecule has 0 saturated carbocycles. The minimum Gasteiger partial charge on any atom is -0.376 e. The molecule has 0 radical (unpaired) electrons. The van der Waals surface area contributed by atoms with E-state index in [0.717, 1.165) is 19.4 Å².